The third-order valence-electron chi connectivity index (χ3n) is 5.39. The van der Waals surface area contributed by atoms with E-state index in [-0.39, 0.29) is 11.2 Å². The predicted molar refractivity (Wildman–Crippen MR) is 145 cm³/mol. The van der Waals surface area contributed by atoms with Gasteiger partial charge in [0, 0.05) is 16.1 Å². The van der Waals surface area contributed by atoms with Gasteiger partial charge >= 0.3 is 0 Å². The number of benzene rings is 3. The Balaban J connectivity index is 1.70. The second-order valence-electron chi connectivity index (χ2n) is 9.42. The molecule has 0 radical (unpaired) electrons. The molecule has 4 rings (SSSR count). The Labute approximate surface area is 210 Å². The molecule has 4 heteroatoms. The monoisotopic (exact) mass is 483 g/mol. The van der Waals surface area contributed by atoms with Crippen LogP contribution < -0.4 is 5.73 Å². The Hall–Kier alpha value is -3.32. The molecule has 170 valence electrons. The number of thiophene rings is 1. The van der Waals surface area contributed by atoms with Crippen molar-refractivity contribution in [1.82, 2.24) is 0 Å². The number of halogens is 1. The summed E-state index contributed by atoms with van der Waals surface area (Å²) >= 11 is 7.39. The average Bonchev–Trinajstić information content (AvgIpc) is 3.11. The first kappa shape index (κ1) is 23.8. The van der Waals surface area contributed by atoms with Gasteiger partial charge in [0.2, 0.25) is 0 Å². The van der Waals surface area contributed by atoms with Gasteiger partial charge in [0.15, 0.2) is 5.78 Å². The van der Waals surface area contributed by atoms with Crippen molar-refractivity contribution in [3.8, 4) is 23.0 Å². The highest BCUT2D eigenvalue weighted by Gasteiger charge is 2.26. The van der Waals surface area contributed by atoms with E-state index in [4.69, 9.17) is 17.3 Å². The number of hydrogen-bond donors (Lipinski definition) is 1. The van der Waals surface area contributed by atoms with Gasteiger partial charge in [-0.3, -0.25) is 4.79 Å². The van der Waals surface area contributed by atoms with E-state index in [1.165, 1.54) is 16.9 Å². The fourth-order valence-electron chi connectivity index (χ4n) is 3.78. The van der Waals surface area contributed by atoms with Gasteiger partial charge in [0.1, 0.15) is 0 Å². The number of hydrogen-bond acceptors (Lipinski definition) is 3. The first-order valence-corrected chi connectivity index (χ1v) is 12.3. The lowest BCUT2D eigenvalue weighted by molar-refractivity contribution is 0.103. The minimum Gasteiger partial charge on any atom is -0.390 e. The van der Waals surface area contributed by atoms with Crippen molar-refractivity contribution in [2.24, 2.45) is 5.41 Å². The molecule has 0 saturated carbocycles. The summed E-state index contributed by atoms with van der Waals surface area (Å²) in [6.45, 7) is 6.45. The largest absolute Gasteiger partial charge is 0.390 e. The Kier molecular flexibility index (Phi) is 6.93. The SMILES string of the molecule is CC(C)(C)Cc1c(C#Cc2ccc(-c3ccccc3)cc2)sc(N)c1C(=O)c1ccc(Cl)cc1. The second-order valence-corrected chi connectivity index (χ2v) is 10.9. The Bertz CT molecular complexity index is 1370. The van der Waals surface area contributed by atoms with Gasteiger partial charge in [-0.25, -0.2) is 0 Å². The molecule has 2 N–H and O–H groups in total. The molecule has 4 aromatic rings. The minimum atomic E-state index is -0.0927. The van der Waals surface area contributed by atoms with Crippen LogP contribution in [0.4, 0.5) is 5.00 Å². The number of nitrogen functional groups attached to an aromatic ring is 1. The summed E-state index contributed by atoms with van der Waals surface area (Å²) in [6.07, 6.45) is 0.701. The summed E-state index contributed by atoms with van der Waals surface area (Å²) < 4.78 is 0. The molecule has 0 aliphatic rings. The topological polar surface area (TPSA) is 43.1 Å². The maximum atomic E-state index is 13.4. The maximum absolute atomic E-state index is 13.4. The molecule has 0 unspecified atom stereocenters. The van der Waals surface area contributed by atoms with Crippen LogP contribution in [0.25, 0.3) is 11.1 Å². The first-order chi connectivity index (χ1) is 16.2. The van der Waals surface area contributed by atoms with Crippen molar-refractivity contribution < 1.29 is 4.79 Å². The van der Waals surface area contributed by atoms with E-state index in [1.54, 1.807) is 24.3 Å². The smallest absolute Gasteiger partial charge is 0.196 e. The standard InChI is InChI=1S/C30H26ClNOS/c1-30(2,3)19-25-26(34-29(32)27(25)28(33)23-14-16-24(31)17-15-23)18-11-20-9-12-22(13-10-20)21-7-5-4-6-8-21/h4-10,12-17H,19,32H2,1-3H3. The van der Waals surface area contributed by atoms with E-state index in [9.17, 15) is 4.79 Å². The third-order valence-corrected chi connectivity index (χ3v) is 6.62. The van der Waals surface area contributed by atoms with E-state index >= 15 is 0 Å². The molecular formula is C30H26ClNOS. The average molecular weight is 484 g/mol. The lowest BCUT2D eigenvalue weighted by Crippen LogP contribution is -2.14. The maximum Gasteiger partial charge on any atom is 0.196 e. The van der Waals surface area contributed by atoms with Crippen LogP contribution in [0.15, 0.2) is 78.9 Å². The number of rotatable bonds is 4. The number of anilines is 1. The van der Waals surface area contributed by atoms with Crippen molar-refractivity contribution in [3.63, 3.8) is 0 Å². The summed E-state index contributed by atoms with van der Waals surface area (Å²) in [5.41, 5.74) is 11.6. The van der Waals surface area contributed by atoms with E-state index in [1.807, 2.05) is 30.3 Å². The van der Waals surface area contributed by atoms with Gasteiger partial charge in [-0.1, -0.05) is 86.7 Å². The van der Waals surface area contributed by atoms with Crippen molar-refractivity contribution in [3.05, 3.63) is 111 Å². The lowest BCUT2D eigenvalue weighted by Gasteiger charge is -2.19. The zero-order valence-corrected chi connectivity index (χ0v) is 21.1. The first-order valence-electron chi connectivity index (χ1n) is 11.1. The highest BCUT2D eigenvalue weighted by atomic mass is 35.5. The van der Waals surface area contributed by atoms with Crippen molar-refractivity contribution in [2.45, 2.75) is 27.2 Å². The zero-order chi connectivity index (χ0) is 24.3. The normalized spacial score (nSPS) is 11.1. The van der Waals surface area contributed by atoms with Crippen LogP contribution in [-0.2, 0) is 6.42 Å². The van der Waals surface area contributed by atoms with Gasteiger partial charge in [-0.05, 0) is 64.9 Å². The van der Waals surface area contributed by atoms with Crippen molar-refractivity contribution in [2.75, 3.05) is 5.73 Å². The van der Waals surface area contributed by atoms with Crippen LogP contribution in [0.5, 0.6) is 0 Å². The Morgan fingerprint density at radius 1 is 0.882 bits per heavy atom. The van der Waals surface area contributed by atoms with E-state index in [0.717, 1.165) is 21.6 Å². The molecule has 0 fully saturated rings. The third kappa shape index (κ3) is 5.59. The van der Waals surface area contributed by atoms with Crippen LogP contribution in [0.3, 0.4) is 0 Å². The summed E-state index contributed by atoms with van der Waals surface area (Å²) in [7, 11) is 0. The van der Waals surface area contributed by atoms with Gasteiger partial charge in [-0.2, -0.15) is 0 Å². The Morgan fingerprint density at radius 2 is 1.50 bits per heavy atom. The van der Waals surface area contributed by atoms with E-state index < -0.39 is 0 Å². The quantitative estimate of drug-likeness (QED) is 0.237. The van der Waals surface area contributed by atoms with Crippen LogP contribution in [0, 0.1) is 17.3 Å². The number of carbonyl (C=O) groups excluding carboxylic acids is 1. The molecule has 0 aliphatic heterocycles. The molecule has 3 aromatic carbocycles. The van der Waals surface area contributed by atoms with Gasteiger partial charge in [-0.15, -0.1) is 11.3 Å². The second kappa shape index (κ2) is 9.89. The van der Waals surface area contributed by atoms with Crippen LogP contribution >= 0.6 is 22.9 Å². The molecule has 0 atom stereocenters. The molecule has 0 bridgehead atoms. The van der Waals surface area contributed by atoms with Crippen LogP contribution in [-0.4, -0.2) is 5.78 Å². The zero-order valence-electron chi connectivity index (χ0n) is 19.5. The molecule has 34 heavy (non-hydrogen) atoms. The molecule has 1 heterocycles. The Morgan fingerprint density at radius 3 is 2.12 bits per heavy atom. The van der Waals surface area contributed by atoms with E-state index in [0.29, 0.717) is 27.6 Å². The molecule has 1 aromatic heterocycles. The summed E-state index contributed by atoms with van der Waals surface area (Å²) in [6, 6.07) is 25.4. The summed E-state index contributed by atoms with van der Waals surface area (Å²) in [4.78, 5) is 14.2. The molecule has 0 aliphatic carbocycles. The fraction of sp³-hybridized carbons (Fsp3) is 0.167. The van der Waals surface area contributed by atoms with Crippen LogP contribution in [0.2, 0.25) is 5.02 Å². The molecule has 0 amide bonds. The molecular weight excluding hydrogens is 458 g/mol. The fourth-order valence-corrected chi connectivity index (χ4v) is 4.85. The highest BCUT2D eigenvalue weighted by Crippen LogP contribution is 2.36. The molecule has 0 saturated heterocycles. The predicted octanol–water partition coefficient (Wildman–Crippen LogP) is 7.87. The molecule has 0 spiro atoms. The number of carbonyl (C=O) groups is 1. The van der Waals surface area contributed by atoms with Gasteiger partial charge in [0.25, 0.3) is 0 Å². The number of nitrogens with two attached hydrogens (primary N) is 1. The minimum absolute atomic E-state index is 0.0314. The van der Waals surface area contributed by atoms with Gasteiger partial charge < -0.3 is 5.73 Å². The van der Waals surface area contributed by atoms with Gasteiger partial charge in [0.05, 0.1) is 15.4 Å². The molecule has 2 nitrogen and oxygen atoms in total. The lowest BCUT2D eigenvalue weighted by atomic mass is 9.85. The van der Waals surface area contributed by atoms with E-state index in [2.05, 4.69) is 56.9 Å². The summed E-state index contributed by atoms with van der Waals surface area (Å²) in [5.74, 6) is 6.48. The highest BCUT2D eigenvalue weighted by molar-refractivity contribution is 7.17. The van der Waals surface area contributed by atoms with Crippen molar-refractivity contribution >= 4 is 33.7 Å². The number of ketones is 1. The van der Waals surface area contributed by atoms with Crippen molar-refractivity contribution in [1.29, 1.82) is 0 Å². The van der Waals surface area contributed by atoms with Crippen LogP contribution in [0.1, 0.15) is 52.7 Å². The summed E-state index contributed by atoms with van der Waals surface area (Å²) in [5, 5.41) is 1.09.